The molecule has 2 aromatic rings. The third kappa shape index (κ3) is 2.69. The van der Waals surface area contributed by atoms with Crippen molar-refractivity contribution in [3.05, 3.63) is 67.9 Å². The van der Waals surface area contributed by atoms with Gasteiger partial charge in [0.1, 0.15) is 5.82 Å². The molecule has 0 heterocycles. The summed E-state index contributed by atoms with van der Waals surface area (Å²) < 4.78 is 14.5. The van der Waals surface area contributed by atoms with Gasteiger partial charge in [-0.2, -0.15) is 0 Å². The minimum absolute atomic E-state index is 0.0324. The molecule has 2 aromatic carbocycles. The van der Waals surface area contributed by atoms with Gasteiger partial charge in [-0.3, -0.25) is 0 Å². The fourth-order valence-corrected chi connectivity index (χ4v) is 2.34. The lowest BCUT2D eigenvalue weighted by Crippen LogP contribution is -2.13. The first-order valence-electron chi connectivity index (χ1n) is 5.15. The second-order valence-corrected chi connectivity index (χ2v) is 5.47. The fourth-order valence-electron chi connectivity index (χ4n) is 1.66. The molecule has 1 atom stereocenters. The van der Waals surface area contributed by atoms with Crippen molar-refractivity contribution in [1.82, 2.24) is 0 Å². The van der Waals surface area contributed by atoms with Gasteiger partial charge in [0.2, 0.25) is 0 Å². The van der Waals surface area contributed by atoms with E-state index in [2.05, 4.69) is 15.9 Å². The monoisotopic (exact) mass is 347 g/mol. The summed E-state index contributed by atoms with van der Waals surface area (Å²) in [7, 11) is 0. The van der Waals surface area contributed by atoms with Gasteiger partial charge >= 0.3 is 0 Å². The highest BCUT2D eigenvalue weighted by molar-refractivity contribution is 9.10. The maximum atomic E-state index is 14.0. The van der Waals surface area contributed by atoms with Crippen LogP contribution >= 0.6 is 39.1 Å². The molecule has 2 N–H and O–H groups in total. The molecule has 0 radical (unpaired) electrons. The van der Waals surface area contributed by atoms with Gasteiger partial charge in [0, 0.05) is 15.1 Å². The first kappa shape index (κ1) is 13.8. The van der Waals surface area contributed by atoms with E-state index in [1.54, 1.807) is 36.4 Å². The average Bonchev–Trinajstić information content (AvgIpc) is 2.35. The first-order chi connectivity index (χ1) is 8.50. The smallest absolute Gasteiger partial charge is 0.148 e. The Bertz CT molecular complexity index is 589. The molecule has 18 heavy (non-hydrogen) atoms. The maximum absolute atomic E-state index is 14.0. The van der Waals surface area contributed by atoms with E-state index in [9.17, 15) is 4.39 Å². The molecule has 0 aliphatic heterocycles. The minimum atomic E-state index is -0.603. The molecular weight excluding hydrogens is 340 g/mol. The van der Waals surface area contributed by atoms with Gasteiger partial charge in [0.25, 0.3) is 0 Å². The van der Waals surface area contributed by atoms with Crippen molar-refractivity contribution in [2.75, 3.05) is 0 Å². The predicted octanol–water partition coefficient (Wildman–Crippen LogP) is 4.94. The van der Waals surface area contributed by atoms with Gasteiger partial charge in [-0.25, -0.2) is 4.39 Å². The molecule has 0 fully saturated rings. The van der Waals surface area contributed by atoms with Crippen LogP contribution in [0.4, 0.5) is 4.39 Å². The molecule has 0 spiro atoms. The molecule has 94 valence electrons. The largest absolute Gasteiger partial charge is 0.320 e. The highest BCUT2D eigenvalue weighted by atomic mass is 79.9. The quantitative estimate of drug-likeness (QED) is 0.764. The summed E-state index contributed by atoms with van der Waals surface area (Å²) in [6.45, 7) is 0. The number of benzene rings is 2. The molecule has 5 heteroatoms. The van der Waals surface area contributed by atoms with Crippen molar-refractivity contribution in [1.29, 1.82) is 0 Å². The predicted molar refractivity (Wildman–Crippen MR) is 76.6 cm³/mol. The van der Waals surface area contributed by atoms with Crippen LogP contribution in [0.5, 0.6) is 0 Å². The van der Waals surface area contributed by atoms with Crippen LogP contribution in [-0.2, 0) is 0 Å². The number of halogens is 4. The lowest BCUT2D eigenvalue weighted by Gasteiger charge is -2.15. The lowest BCUT2D eigenvalue weighted by molar-refractivity contribution is 0.599. The molecule has 0 aliphatic rings. The van der Waals surface area contributed by atoms with Crippen molar-refractivity contribution in [2.45, 2.75) is 6.04 Å². The van der Waals surface area contributed by atoms with Crippen molar-refractivity contribution in [2.24, 2.45) is 5.73 Å². The topological polar surface area (TPSA) is 26.0 Å². The summed E-state index contributed by atoms with van der Waals surface area (Å²) in [5.74, 6) is -0.515. The summed E-state index contributed by atoms with van der Waals surface area (Å²) in [5.41, 5.74) is 7.11. The number of nitrogens with two attached hydrogens (primary N) is 1. The second kappa shape index (κ2) is 5.57. The minimum Gasteiger partial charge on any atom is -0.320 e. The van der Waals surface area contributed by atoms with Gasteiger partial charge in [0.05, 0.1) is 11.1 Å². The Morgan fingerprint density at radius 1 is 1.17 bits per heavy atom. The van der Waals surface area contributed by atoms with Crippen LogP contribution < -0.4 is 5.73 Å². The molecule has 1 unspecified atom stereocenters. The Balaban J connectivity index is 2.46. The van der Waals surface area contributed by atoms with Crippen molar-refractivity contribution >= 4 is 39.1 Å². The van der Waals surface area contributed by atoms with Gasteiger partial charge in [-0.15, -0.1) is 0 Å². The van der Waals surface area contributed by atoms with E-state index < -0.39 is 11.9 Å². The number of hydrogen-bond donors (Lipinski definition) is 1. The van der Waals surface area contributed by atoms with Crippen LogP contribution in [-0.4, -0.2) is 0 Å². The Morgan fingerprint density at radius 2 is 1.89 bits per heavy atom. The molecule has 0 amide bonds. The lowest BCUT2D eigenvalue weighted by atomic mass is 9.99. The van der Waals surface area contributed by atoms with Crippen LogP contribution in [0.1, 0.15) is 17.2 Å². The molecule has 0 saturated heterocycles. The van der Waals surface area contributed by atoms with E-state index in [-0.39, 0.29) is 5.02 Å². The van der Waals surface area contributed by atoms with E-state index in [1.807, 2.05) is 0 Å². The maximum Gasteiger partial charge on any atom is 0.148 e. The Hall–Kier alpha value is -0.610. The summed E-state index contributed by atoms with van der Waals surface area (Å²) in [4.78, 5) is 0. The summed E-state index contributed by atoms with van der Waals surface area (Å²) in [6, 6.07) is 9.70. The van der Waals surface area contributed by atoms with Gasteiger partial charge in [-0.1, -0.05) is 41.4 Å². The first-order valence-corrected chi connectivity index (χ1v) is 6.70. The van der Waals surface area contributed by atoms with E-state index in [0.29, 0.717) is 15.1 Å². The van der Waals surface area contributed by atoms with E-state index in [4.69, 9.17) is 28.9 Å². The molecule has 2 rings (SSSR count). The van der Waals surface area contributed by atoms with E-state index >= 15 is 0 Å². The highest BCUT2D eigenvalue weighted by Crippen LogP contribution is 2.32. The summed E-state index contributed by atoms with van der Waals surface area (Å²) in [5, 5.41) is 0.594. The normalized spacial score (nSPS) is 12.5. The van der Waals surface area contributed by atoms with Gasteiger partial charge in [0.15, 0.2) is 0 Å². The van der Waals surface area contributed by atoms with E-state index in [0.717, 1.165) is 5.56 Å². The van der Waals surface area contributed by atoms with Crippen molar-refractivity contribution in [3.63, 3.8) is 0 Å². The van der Waals surface area contributed by atoms with Crippen LogP contribution in [0.3, 0.4) is 0 Å². The standard InChI is InChI=1S/C13H9BrCl2FN/c14-10-5-4-9(12(17)11(10)16)13(18)7-2-1-3-8(15)6-7/h1-6,13H,18H2. The third-order valence-electron chi connectivity index (χ3n) is 2.61. The molecule has 0 aliphatic carbocycles. The zero-order valence-electron chi connectivity index (χ0n) is 9.13. The zero-order valence-corrected chi connectivity index (χ0v) is 12.2. The van der Waals surface area contributed by atoms with Crippen molar-refractivity contribution in [3.8, 4) is 0 Å². The average molecular weight is 349 g/mol. The summed E-state index contributed by atoms with van der Waals surface area (Å²) in [6.07, 6.45) is 0. The van der Waals surface area contributed by atoms with Crippen LogP contribution in [0.25, 0.3) is 0 Å². The molecule has 0 aromatic heterocycles. The van der Waals surface area contributed by atoms with Gasteiger partial charge < -0.3 is 5.73 Å². The van der Waals surface area contributed by atoms with Crippen molar-refractivity contribution < 1.29 is 4.39 Å². The Labute approximate surface area is 123 Å². The molecule has 0 saturated carbocycles. The van der Waals surface area contributed by atoms with E-state index in [1.165, 1.54) is 0 Å². The fraction of sp³-hybridized carbons (Fsp3) is 0.0769. The van der Waals surface area contributed by atoms with Crippen LogP contribution in [0.15, 0.2) is 40.9 Å². The molecule has 1 nitrogen and oxygen atoms in total. The third-order valence-corrected chi connectivity index (χ3v) is 4.10. The molecule has 0 bridgehead atoms. The number of rotatable bonds is 2. The highest BCUT2D eigenvalue weighted by Gasteiger charge is 2.17. The van der Waals surface area contributed by atoms with Crippen LogP contribution in [0.2, 0.25) is 10.0 Å². The van der Waals surface area contributed by atoms with Crippen LogP contribution in [0, 0.1) is 5.82 Å². The molecular formula is C13H9BrCl2FN. The Morgan fingerprint density at radius 3 is 2.56 bits per heavy atom. The second-order valence-electron chi connectivity index (χ2n) is 3.80. The van der Waals surface area contributed by atoms with Gasteiger partial charge in [-0.05, 0) is 39.7 Å². The number of hydrogen-bond acceptors (Lipinski definition) is 1. The zero-order chi connectivity index (χ0) is 13.3. The SMILES string of the molecule is NC(c1cccc(Cl)c1)c1ccc(Br)c(Cl)c1F. The Kier molecular flexibility index (Phi) is 4.28. The summed E-state index contributed by atoms with van der Waals surface area (Å²) >= 11 is 14.9.